The summed E-state index contributed by atoms with van der Waals surface area (Å²) in [4.78, 5) is 4.70. The molecular formula is C56H56N4. The quantitative estimate of drug-likeness (QED) is 0.177. The van der Waals surface area contributed by atoms with E-state index in [1.54, 1.807) is 0 Å². The maximum absolute atomic E-state index is 6.63. The highest BCUT2D eigenvalue weighted by Crippen LogP contribution is 2.52. The first-order valence-corrected chi connectivity index (χ1v) is 22.4. The van der Waals surface area contributed by atoms with Gasteiger partial charge >= 0.3 is 0 Å². The Morgan fingerprint density at radius 2 is 1.33 bits per heavy atom. The van der Waals surface area contributed by atoms with E-state index in [-0.39, 0.29) is 0 Å². The third-order valence-electron chi connectivity index (χ3n) is 14.7. The number of fused-ring (bicyclic) bond motifs is 8. The number of benzene rings is 5. The number of pyridine rings is 1. The van der Waals surface area contributed by atoms with Gasteiger partial charge in [-0.05, 0) is 201 Å². The molecule has 300 valence electrons. The van der Waals surface area contributed by atoms with Crippen molar-refractivity contribution in [2.45, 2.75) is 99.3 Å². The molecule has 2 N–H and O–H groups in total. The van der Waals surface area contributed by atoms with Crippen molar-refractivity contribution in [2.75, 3.05) is 0 Å². The molecule has 1 fully saturated rings. The third-order valence-corrected chi connectivity index (χ3v) is 14.7. The molecule has 0 spiro atoms. The van der Waals surface area contributed by atoms with Crippen molar-refractivity contribution >= 4 is 49.3 Å². The summed E-state index contributed by atoms with van der Waals surface area (Å²) in [7, 11) is 0. The summed E-state index contributed by atoms with van der Waals surface area (Å²) in [5.41, 5.74) is 32.0. The second kappa shape index (κ2) is 13.8. The molecule has 0 aliphatic heterocycles. The Kier molecular flexibility index (Phi) is 8.57. The molecule has 11 rings (SSSR count). The summed E-state index contributed by atoms with van der Waals surface area (Å²) in [6.45, 7) is 15.9. The van der Waals surface area contributed by atoms with E-state index in [2.05, 4.69) is 143 Å². The van der Waals surface area contributed by atoms with Crippen molar-refractivity contribution in [3.63, 3.8) is 0 Å². The highest BCUT2D eigenvalue weighted by atomic mass is 15.0. The first-order valence-electron chi connectivity index (χ1n) is 22.4. The van der Waals surface area contributed by atoms with Gasteiger partial charge in [0.15, 0.2) is 0 Å². The van der Waals surface area contributed by atoms with E-state index >= 15 is 0 Å². The fourth-order valence-corrected chi connectivity index (χ4v) is 12.2. The predicted molar refractivity (Wildman–Crippen MR) is 254 cm³/mol. The summed E-state index contributed by atoms with van der Waals surface area (Å²) < 4.78 is 5.07. The van der Waals surface area contributed by atoms with Gasteiger partial charge < -0.3 is 14.9 Å². The molecule has 0 amide bonds. The van der Waals surface area contributed by atoms with Crippen LogP contribution in [0.25, 0.3) is 77.2 Å². The first kappa shape index (κ1) is 37.2. The van der Waals surface area contributed by atoms with Gasteiger partial charge in [-0.25, -0.2) is 0 Å². The molecule has 5 aromatic carbocycles. The number of allylic oxidation sites excluding steroid dienone is 3. The smallest absolute Gasteiger partial charge is 0.0674 e. The molecule has 60 heavy (non-hydrogen) atoms. The van der Waals surface area contributed by atoms with Gasteiger partial charge in [0.2, 0.25) is 0 Å². The second-order valence-corrected chi connectivity index (χ2v) is 18.9. The molecule has 8 aromatic rings. The largest absolute Gasteiger partial charge is 0.403 e. The molecule has 0 radical (unpaired) electrons. The molecule has 3 aliphatic rings. The minimum Gasteiger partial charge on any atom is -0.403 e. The van der Waals surface area contributed by atoms with Gasteiger partial charge in [0.1, 0.15) is 0 Å². The van der Waals surface area contributed by atoms with E-state index in [1.165, 1.54) is 135 Å². The fraction of sp³-hybridized carbons (Fsp3) is 0.304. The van der Waals surface area contributed by atoms with Gasteiger partial charge in [-0.1, -0.05) is 61.4 Å². The topological polar surface area (TPSA) is 48.8 Å². The van der Waals surface area contributed by atoms with Crippen molar-refractivity contribution in [1.29, 1.82) is 0 Å². The average molecular weight is 785 g/mol. The van der Waals surface area contributed by atoms with E-state index in [9.17, 15) is 0 Å². The second-order valence-electron chi connectivity index (χ2n) is 18.9. The number of aryl methyl sites for hydroxylation is 7. The van der Waals surface area contributed by atoms with Gasteiger partial charge in [-0.3, -0.25) is 4.98 Å². The SMILES string of the molecule is C/C=C(C)\C(=C/N)n1c2ccc(C3CC(C)CC(C)C3)cc2c2cc3c4c(c21)CCc1cc2c5cc(-c6cc(C)cc(C)c6)ccc5n(-c5cnccc5C)c2c(c1-4)CC3. The summed E-state index contributed by atoms with van der Waals surface area (Å²) in [6, 6.07) is 28.8. The van der Waals surface area contributed by atoms with Gasteiger partial charge in [-0.15, -0.1) is 0 Å². The van der Waals surface area contributed by atoms with Crippen LogP contribution in [-0.2, 0) is 25.7 Å². The summed E-state index contributed by atoms with van der Waals surface area (Å²) in [5, 5.41) is 5.42. The number of aromatic nitrogens is 3. The van der Waals surface area contributed by atoms with Crippen LogP contribution in [-0.4, -0.2) is 14.1 Å². The van der Waals surface area contributed by atoms with Crippen LogP contribution in [0.15, 0.2) is 103 Å². The first-order chi connectivity index (χ1) is 29.1. The lowest BCUT2D eigenvalue weighted by Crippen LogP contribution is -2.18. The Balaban J connectivity index is 1.21. The number of rotatable bonds is 5. The summed E-state index contributed by atoms with van der Waals surface area (Å²) in [6.07, 6.45) is 15.9. The highest BCUT2D eigenvalue weighted by Gasteiger charge is 2.34. The molecule has 4 nitrogen and oxygen atoms in total. The van der Waals surface area contributed by atoms with E-state index in [1.807, 2.05) is 12.4 Å². The molecule has 2 atom stereocenters. The van der Waals surface area contributed by atoms with Crippen LogP contribution >= 0.6 is 0 Å². The highest BCUT2D eigenvalue weighted by molar-refractivity contribution is 6.17. The van der Waals surface area contributed by atoms with E-state index in [0.717, 1.165) is 48.9 Å². The van der Waals surface area contributed by atoms with Crippen molar-refractivity contribution < 1.29 is 0 Å². The average Bonchev–Trinajstić information content (AvgIpc) is 3.74. The van der Waals surface area contributed by atoms with Crippen LogP contribution in [0.3, 0.4) is 0 Å². The fourth-order valence-electron chi connectivity index (χ4n) is 12.2. The van der Waals surface area contributed by atoms with Crippen LogP contribution in [0.2, 0.25) is 0 Å². The minimum absolute atomic E-state index is 0.605. The van der Waals surface area contributed by atoms with Gasteiger partial charge in [0.05, 0.1) is 39.6 Å². The van der Waals surface area contributed by atoms with Gasteiger partial charge in [0.25, 0.3) is 0 Å². The molecule has 2 unspecified atom stereocenters. The van der Waals surface area contributed by atoms with Crippen LogP contribution in [0, 0.1) is 32.6 Å². The third kappa shape index (κ3) is 5.52. The standard InChI is InChI=1S/C56H56N4/c1-8-35(6)51(29-57)59-49-15-11-37(41-21-31(2)19-32(3)22-41)25-45(49)47-27-39-10-14-44-54-40(9-13-43(53(39)54)55(47)59)28-48-46-26-38(42-23-33(4)20-34(5)24-42)12-16-50(46)60(56(44)48)52-30-58-18-17-36(52)7/h8,11-12,15-18,20,23-32,41H,9-10,13-14,19,21-22,57H2,1-7H3/b35-8-,51-29+. The number of nitrogens with two attached hydrogens (primary N) is 1. The number of hydrogen-bond acceptors (Lipinski definition) is 2. The van der Waals surface area contributed by atoms with E-state index < -0.39 is 0 Å². The monoisotopic (exact) mass is 784 g/mol. The molecule has 3 aromatic heterocycles. The van der Waals surface area contributed by atoms with E-state index in [0.29, 0.717) is 5.92 Å². The van der Waals surface area contributed by atoms with Crippen molar-refractivity contribution in [1.82, 2.24) is 14.1 Å². The molecular weight excluding hydrogens is 729 g/mol. The zero-order valence-corrected chi connectivity index (χ0v) is 36.3. The summed E-state index contributed by atoms with van der Waals surface area (Å²) in [5.74, 6) is 2.13. The van der Waals surface area contributed by atoms with Crippen LogP contribution in [0.4, 0.5) is 0 Å². The van der Waals surface area contributed by atoms with Crippen molar-refractivity contribution in [3.05, 3.63) is 148 Å². The Bertz CT molecular complexity index is 3150. The Hall–Kier alpha value is -5.87. The number of nitrogens with zero attached hydrogens (tertiary/aromatic N) is 3. The minimum atomic E-state index is 0.605. The normalized spacial score (nSPS) is 19.2. The van der Waals surface area contributed by atoms with Crippen molar-refractivity contribution in [2.24, 2.45) is 17.6 Å². The molecule has 0 bridgehead atoms. The zero-order chi connectivity index (χ0) is 41.1. The van der Waals surface area contributed by atoms with Crippen LogP contribution < -0.4 is 5.73 Å². The van der Waals surface area contributed by atoms with Gasteiger partial charge in [0, 0.05) is 33.9 Å². The Morgan fingerprint density at radius 3 is 2.00 bits per heavy atom. The lowest BCUT2D eigenvalue weighted by molar-refractivity contribution is 0.268. The van der Waals surface area contributed by atoms with Crippen LogP contribution in [0.5, 0.6) is 0 Å². The lowest BCUT2D eigenvalue weighted by Gasteiger charge is -2.32. The maximum Gasteiger partial charge on any atom is 0.0674 e. The molecule has 3 aliphatic carbocycles. The van der Waals surface area contributed by atoms with Gasteiger partial charge in [-0.2, -0.15) is 0 Å². The number of hydrogen-bond donors (Lipinski definition) is 1. The maximum atomic E-state index is 6.63. The van der Waals surface area contributed by atoms with Crippen molar-refractivity contribution in [3.8, 4) is 27.9 Å². The zero-order valence-electron chi connectivity index (χ0n) is 36.3. The summed E-state index contributed by atoms with van der Waals surface area (Å²) >= 11 is 0. The molecule has 1 saturated carbocycles. The lowest BCUT2D eigenvalue weighted by atomic mass is 9.73. The Morgan fingerprint density at radius 1 is 0.683 bits per heavy atom. The molecule has 0 saturated heterocycles. The molecule has 3 heterocycles. The Labute approximate surface area is 354 Å². The molecule has 4 heteroatoms. The van der Waals surface area contributed by atoms with E-state index in [4.69, 9.17) is 10.7 Å². The van der Waals surface area contributed by atoms with Crippen LogP contribution in [0.1, 0.15) is 97.4 Å². The predicted octanol–water partition coefficient (Wildman–Crippen LogP) is 14.0.